The maximum absolute atomic E-state index is 12.9. The molecule has 142 valence electrons. The fourth-order valence-corrected chi connectivity index (χ4v) is 3.83. The van der Waals surface area contributed by atoms with Gasteiger partial charge in [-0.25, -0.2) is 0 Å². The van der Waals surface area contributed by atoms with Gasteiger partial charge < -0.3 is 24.6 Å². The number of rotatable bonds is 4. The van der Waals surface area contributed by atoms with E-state index in [2.05, 4.69) is 10.2 Å². The Labute approximate surface area is 149 Å². The lowest BCUT2D eigenvalue weighted by Gasteiger charge is -2.42. The molecule has 0 radical (unpaired) electrons. The topological polar surface area (TPSA) is 74.4 Å². The van der Waals surface area contributed by atoms with Gasteiger partial charge in [0.25, 0.3) is 5.91 Å². The molecular weight excluding hydrogens is 324 g/mol. The van der Waals surface area contributed by atoms with Crippen LogP contribution >= 0.6 is 0 Å². The molecule has 0 aromatic rings. The van der Waals surface area contributed by atoms with Gasteiger partial charge in [-0.05, 0) is 25.9 Å². The van der Waals surface area contributed by atoms with Crippen LogP contribution in [0, 0.1) is 0 Å². The van der Waals surface area contributed by atoms with E-state index in [9.17, 15) is 9.59 Å². The number of methoxy groups -OCH3 is 1. The summed E-state index contributed by atoms with van der Waals surface area (Å²) in [5, 5.41) is 3.28. The monoisotopic (exact) mass is 354 g/mol. The van der Waals surface area contributed by atoms with Crippen LogP contribution < -0.4 is 5.32 Å². The molecule has 3 heterocycles. The van der Waals surface area contributed by atoms with E-state index in [1.165, 1.54) is 0 Å². The molecule has 3 fully saturated rings. The highest BCUT2D eigenvalue weighted by Gasteiger charge is 2.43. The second-order valence-corrected chi connectivity index (χ2v) is 7.01. The van der Waals surface area contributed by atoms with E-state index in [1.54, 1.807) is 7.11 Å². The first-order valence-electron chi connectivity index (χ1n) is 9.28. The first-order valence-corrected chi connectivity index (χ1v) is 9.28. The highest BCUT2D eigenvalue weighted by atomic mass is 16.5. The van der Waals surface area contributed by atoms with E-state index in [1.807, 2.05) is 9.80 Å². The summed E-state index contributed by atoms with van der Waals surface area (Å²) in [5.74, 6) is 0.231. The number of hydrogen-bond acceptors (Lipinski definition) is 6. The van der Waals surface area contributed by atoms with Gasteiger partial charge in [0.1, 0.15) is 5.60 Å². The van der Waals surface area contributed by atoms with Gasteiger partial charge >= 0.3 is 0 Å². The lowest BCUT2D eigenvalue weighted by molar-refractivity contribution is -0.161. The number of morpholine rings is 1. The molecule has 0 atom stereocenters. The Morgan fingerprint density at radius 3 is 2.20 bits per heavy atom. The van der Waals surface area contributed by atoms with Crippen LogP contribution in [-0.4, -0.2) is 111 Å². The van der Waals surface area contributed by atoms with Crippen molar-refractivity contribution in [2.24, 2.45) is 0 Å². The van der Waals surface area contributed by atoms with Crippen molar-refractivity contribution in [3.63, 3.8) is 0 Å². The third kappa shape index (κ3) is 4.31. The molecular formula is C17H30N4O4. The Hall–Kier alpha value is -1.22. The normalized spacial score (nSPS) is 25.0. The number of nitrogens with one attached hydrogen (secondary N) is 1. The predicted octanol–water partition coefficient (Wildman–Crippen LogP) is -1.24. The minimum Gasteiger partial charge on any atom is -0.379 e. The van der Waals surface area contributed by atoms with Crippen molar-refractivity contribution in [1.29, 1.82) is 0 Å². The number of ether oxygens (including phenoxy) is 2. The van der Waals surface area contributed by atoms with Crippen molar-refractivity contribution in [2.75, 3.05) is 79.2 Å². The number of piperazine rings is 1. The fourth-order valence-electron chi connectivity index (χ4n) is 3.83. The van der Waals surface area contributed by atoms with Crippen molar-refractivity contribution in [3.8, 4) is 0 Å². The van der Waals surface area contributed by atoms with E-state index >= 15 is 0 Å². The SMILES string of the molecule is COC1(C(=O)N2CCN(C(=O)CN3CCOCC3)CC2)CCNCC1. The molecule has 0 unspecified atom stereocenters. The number of carbonyl (C=O) groups is 2. The Morgan fingerprint density at radius 1 is 1.00 bits per heavy atom. The van der Waals surface area contributed by atoms with Crippen molar-refractivity contribution in [1.82, 2.24) is 20.0 Å². The molecule has 0 aliphatic carbocycles. The number of piperidine rings is 1. The molecule has 0 bridgehead atoms. The van der Waals surface area contributed by atoms with Crippen LogP contribution in [-0.2, 0) is 19.1 Å². The lowest BCUT2D eigenvalue weighted by atomic mass is 9.90. The zero-order valence-corrected chi connectivity index (χ0v) is 15.2. The second-order valence-electron chi connectivity index (χ2n) is 7.01. The molecule has 0 aromatic heterocycles. The van der Waals surface area contributed by atoms with Gasteiger partial charge in [-0.2, -0.15) is 0 Å². The van der Waals surface area contributed by atoms with Gasteiger partial charge in [-0.15, -0.1) is 0 Å². The van der Waals surface area contributed by atoms with E-state index < -0.39 is 5.60 Å². The van der Waals surface area contributed by atoms with Crippen molar-refractivity contribution in [3.05, 3.63) is 0 Å². The van der Waals surface area contributed by atoms with Crippen LogP contribution in [0.1, 0.15) is 12.8 Å². The molecule has 3 rings (SSSR count). The summed E-state index contributed by atoms with van der Waals surface area (Å²) in [6.45, 7) is 7.47. The third-order valence-electron chi connectivity index (χ3n) is 5.57. The summed E-state index contributed by atoms with van der Waals surface area (Å²) in [6.07, 6.45) is 1.41. The summed E-state index contributed by atoms with van der Waals surface area (Å²) < 4.78 is 11.0. The molecule has 0 aromatic carbocycles. The van der Waals surface area contributed by atoms with Crippen LogP contribution in [0.3, 0.4) is 0 Å². The Balaban J connectivity index is 1.49. The average molecular weight is 354 g/mol. The molecule has 3 aliphatic heterocycles. The maximum atomic E-state index is 12.9. The highest BCUT2D eigenvalue weighted by Crippen LogP contribution is 2.25. The lowest BCUT2D eigenvalue weighted by Crippen LogP contribution is -2.60. The largest absolute Gasteiger partial charge is 0.379 e. The summed E-state index contributed by atoms with van der Waals surface area (Å²) in [4.78, 5) is 31.3. The molecule has 0 saturated carbocycles. The number of nitrogens with zero attached hydrogens (tertiary/aromatic N) is 3. The Bertz CT molecular complexity index is 467. The smallest absolute Gasteiger partial charge is 0.255 e. The molecule has 8 nitrogen and oxygen atoms in total. The molecule has 3 aliphatic rings. The van der Waals surface area contributed by atoms with E-state index in [-0.39, 0.29) is 11.8 Å². The summed E-state index contributed by atoms with van der Waals surface area (Å²) in [6, 6.07) is 0. The zero-order valence-electron chi connectivity index (χ0n) is 15.2. The minimum atomic E-state index is -0.689. The minimum absolute atomic E-state index is 0.0804. The zero-order chi connectivity index (χ0) is 17.7. The fraction of sp³-hybridized carbons (Fsp3) is 0.882. The number of hydrogen-bond donors (Lipinski definition) is 1. The number of carbonyl (C=O) groups excluding carboxylic acids is 2. The molecule has 3 saturated heterocycles. The Kier molecular flexibility index (Phi) is 6.27. The molecule has 25 heavy (non-hydrogen) atoms. The van der Waals surface area contributed by atoms with E-state index in [0.29, 0.717) is 58.8 Å². The first kappa shape index (κ1) is 18.6. The first-order chi connectivity index (χ1) is 12.1. The third-order valence-corrected chi connectivity index (χ3v) is 5.57. The van der Waals surface area contributed by atoms with E-state index in [0.717, 1.165) is 26.2 Å². The van der Waals surface area contributed by atoms with Crippen LogP contribution in [0.15, 0.2) is 0 Å². The van der Waals surface area contributed by atoms with Crippen LogP contribution in [0.4, 0.5) is 0 Å². The predicted molar refractivity (Wildman–Crippen MR) is 92.3 cm³/mol. The van der Waals surface area contributed by atoms with Crippen LogP contribution in [0.2, 0.25) is 0 Å². The van der Waals surface area contributed by atoms with Crippen LogP contribution in [0.5, 0.6) is 0 Å². The maximum Gasteiger partial charge on any atom is 0.255 e. The van der Waals surface area contributed by atoms with Crippen LogP contribution in [0.25, 0.3) is 0 Å². The summed E-state index contributed by atoms with van der Waals surface area (Å²) >= 11 is 0. The Morgan fingerprint density at radius 2 is 1.60 bits per heavy atom. The van der Waals surface area contributed by atoms with Gasteiger partial charge in [-0.1, -0.05) is 0 Å². The van der Waals surface area contributed by atoms with Crippen molar-refractivity contribution >= 4 is 11.8 Å². The quantitative estimate of drug-likeness (QED) is 0.681. The molecule has 0 spiro atoms. The van der Waals surface area contributed by atoms with Crippen molar-refractivity contribution < 1.29 is 19.1 Å². The second kappa shape index (κ2) is 8.44. The standard InChI is InChI=1S/C17H30N4O4/c1-24-17(2-4-18-5-3-17)16(23)21-8-6-20(7-9-21)15(22)14-19-10-12-25-13-11-19/h18H,2-14H2,1H3. The van der Waals surface area contributed by atoms with Gasteiger partial charge in [-0.3, -0.25) is 14.5 Å². The average Bonchev–Trinajstić information content (AvgIpc) is 2.69. The van der Waals surface area contributed by atoms with Gasteiger partial charge in [0.2, 0.25) is 5.91 Å². The molecule has 8 heteroatoms. The van der Waals surface area contributed by atoms with Crippen molar-refractivity contribution in [2.45, 2.75) is 18.4 Å². The molecule has 1 N–H and O–H groups in total. The van der Waals surface area contributed by atoms with Gasteiger partial charge in [0, 0.05) is 46.4 Å². The molecule has 2 amide bonds. The summed E-state index contributed by atoms with van der Waals surface area (Å²) in [5.41, 5.74) is -0.689. The van der Waals surface area contributed by atoms with Gasteiger partial charge in [0.15, 0.2) is 0 Å². The van der Waals surface area contributed by atoms with E-state index in [4.69, 9.17) is 9.47 Å². The summed E-state index contributed by atoms with van der Waals surface area (Å²) in [7, 11) is 1.63. The number of amides is 2. The highest BCUT2D eigenvalue weighted by molar-refractivity contribution is 5.86. The van der Waals surface area contributed by atoms with Gasteiger partial charge in [0.05, 0.1) is 19.8 Å².